The van der Waals surface area contributed by atoms with Crippen LogP contribution in [0.1, 0.15) is 78.7 Å². The number of hydrogen-bond donors (Lipinski definition) is 1. The number of carbonyl (C=O) groups is 2. The van der Waals surface area contributed by atoms with Gasteiger partial charge in [0, 0.05) is 28.8 Å². The van der Waals surface area contributed by atoms with Crippen LogP contribution in [0.4, 0.5) is 19.1 Å². The molecule has 0 saturated heterocycles. The number of nitrogens with one attached hydrogen (secondary N) is 1. The molecule has 1 heterocycles. The van der Waals surface area contributed by atoms with Crippen molar-refractivity contribution in [3.63, 3.8) is 0 Å². The minimum Gasteiger partial charge on any atom is -0.454 e. The Balaban J connectivity index is 1.11. The van der Waals surface area contributed by atoms with E-state index in [-0.39, 0.29) is 36.2 Å². The van der Waals surface area contributed by atoms with Gasteiger partial charge in [-0.2, -0.15) is 28.1 Å². The molecule has 0 bridgehead atoms. The fourth-order valence-electron chi connectivity index (χ4n) is 5.53. The minimum atomic E-state index is -4.58. The second-order valence-electron chi connectivity index (χ2n) is 12.5. The first kappa shape index (κ1) is 32.4. The summed E-state index contributed by atoms with van der Waals surface area (Å²) in [4.78, 5) is 38.4. The number of sulfone groups is 1. The third-order valence-electron chi connectivity index (χ3n) is 8.80. The summed E-state index contributed by atoms with van der Waals surface area (Å²) in [5, 5.41) is 3.43. The summed E-state index contributed by atoms with van der Waals surface area (Å²) in [5.74, 6) is -0.638. The molecule has 1 N–H and O–H groups in total. The molecular weight excluding hydrogens is 645 g/mol. The normalized spacial score (nSPS) is 18.1. The molecule has 3 aromatic rings. The zero-order valence-electron chi connectivity index (χ0n) is 24.8. The number of benzene rings is 2. The quantitative estimate of drug-likeness (QED) is 0.191. The van der Waals surface area contributed by atoms with E-state index in [0.29, 0.717) is 48.3 Å². The molecule has 3 aliphatic carbocycles. The second kappa shape index (κ2) is 12.2. The number of Topliss-reactive ketones (excluding diaryl/α,β-unsaturated/α-hetero) is 2. The van der Waals surface area contributed by atoms with Crippen molar-refractivity contribution in [2.45, 2.75) is 74.8 Å². The van der Waals surface area contributed by atoms with E-state index in [1.807, 2.05) is 12.1 Å². The van der Waals surface area contributed by atoms with E-state index < -0.39 is 50.6 Å². The lowest BCUT2D eigenvalue weighted by atomic mass is 9.92. The molecule has 14 heteroatoms. The van der Waals surface area contributed by atoms with Crippen molar-refractivity contribution in [2.75, 3.05) is 17.7 Å². The number of ether oxygens (including phenoxy) is 1. The fourth-order valence-corrected chi connectivity index (χ4v) is 7.41. The van der Waals surface area contributed by atoms with E-state index in [1.54, 1.807) is 36.4 Å². The number of rotatable bonds is 15. The first-order valence-electron chi connectivity index (χ1n) is 15.1. The molecule has 0 amide bonds. The van der Waals surface area contributed by atoms with Crippen molar-refractivity contribution in [1.82, 2.24) is 15.0 Å². The van der Waals surface area contributed by atoms with Crippen LogP contribution in [0.2, 0.25) is 5.02 Å². The Morgan fingerprint density at radius 3 is 2.22 bits per heavy atom. The third kappa shape index (κ3) is 7.86. The molecular formula is C32H32ClF3N4O5S. The van der Waals surface area contributed by atoms with Crippen LogP contribution in [0.3, 0.4) is 0 Å². The number of alkyl halides is 3. The summed E-state index contributed by atoms with van der Waals surface area (Å²) in [6, 6.07) is 13.5. The van der Waals surface area contributed by atoms with E-state index in [1.165, 1.54) is 0 Å². The average Bonchev–Trinajstić information content (AvgIpc) is 3.85. The van der Waals surface area contributed by atoms with Crippen LogP contribution in [0.15, 0.2) is 48.5 Å². The smallest absolute Gasteiger partial charge is 0.422 e. The van der Waals surface area contributed by atoms with E-state index in [4.69, 9.17) is 16.3 Å². The number of halogens is 4. The Morgan fingerprint density at radius 1 is 0.957 bits per heavy atom. The highest BCUT2D eigenvalue weighted by Gasteiger charge is 2.51. The highest BCUT2D eigenvalue weighted by atomic mass is 35.5. The van der Waals surface area contributed by atoms with Crippen molar-refractivity contribution in [3.05, 3.63) is 76.1 Å². The molecule has 3 aliphatic rings. The van der Waals surface area contributed by atoms with Crippen molar-refractivity contribution < 1.29 is 35.9 Å². The molecule has 46 heavy (non-hydrogen) atoms. The Bertz CT molecular complexity index is 1740. The van der Waals surface area contributed by atoms with Gasteiger partial charge in [-0.15, -0.1) is 0 Å². The number of carbonyl (C=O) groups excluding carboxylic acids is 2. The van der Waals surface area contributed by atoms with Gasteiger partial charge in [-0.05, 0) is 68.2 Å². The van der Waals surface area contributed by atoms with Crippen LogP contribution in [0, 0.1) is 5.41 Å². The molecule has 1 aromatic heterocycles. The zero-order valence-corrected chi connectivity index (χ0v) is 26.3. The van der Waals surface area contributed by atoms with Gasteiger partial charge in [0.25, 0.3) is 0 Å². The molecule has 0 spiro atoms. The SMILES string of the molecule is O=C(CCC1(C(=O)CS(=O)(=O)C2CC2)CC1)c1ccc(Cc2nc(NC3(c4ccc(Cl)cc4)CC3)nc(OCC(F)(F)F)n2)cc1. The highest BCUT2D eigenvalue weighted by molar-refractivity contribution is 7.93. The summed E-state index contributed by atoms with van der Waals surface area (Å²) < 4.78 is 68.1. The van der Waals surface area contributed by atoms with Gasteiger partial charge in [-0.25, -0.2) is 8.42 Å². The number of hydrogen-bond acceptors (Lipinski definition) is 9. The molecule has 0 unspecified atom stereocenters. The Kier molecular flexibility index (Phi) is 8.60. The predicted molar refractivity (Wildman–Crippen MR) is 164 cm³/mol. The Labute approximate surface area is 269 Å². The van der Waals surface area contributed by atoms with Gasteiger partial charge in [-0.1, -0.05) is 48.0 Å². The van der Waals surface area contributed by atoms with Gasteiger partial charge in [0.2, 0.25) is 5.95 Å². The molecule has 2 aromatic carbocycles. The Morgan fingerprint density at radius 2 is 1.63 bits per heavy atom. The van der Waals surface area contributed by atoms with Crippen LogP contribution in [-0.2, 0) is 26.6 Å². The number of ketones is 2. The van der Waals surface area contributed by atoms with Crippen LogP contribution in [-0.4, -0.2) is 58.7 Å². The lowest BCUT2D eigenvalue weighted by Gasteiger charge is -2.19. The molecule has 3 saturated carbocycles. The van der Waals surface area contributed by atoms with Crippen molar-refractivity contribution in [2.24, 2.45) is 5.41 Å². The largest absolute Gasteiger partial charge is 0.454 e. The lowest BCUT2D eigenvalue weighted by molar-refractivity contribution is -0.154. The Hall–Kier alpha value is -3.58. The van der Waals surface area contributed by atoms with Crippen LogP contribution >= 0.6 is 11.6 Å². The summed E-state index contributed by atoms with van der Waals surface area (Å²) in [5.41, 5.74) is 0.872. The predicted octanol–water partition coefficient (Wildman–Crippen LogP) is 6.05. The maximum absolute atomic E-state index is 12.9. The molecule has 0 aliphatic heterocycles. The first-order valence-corrected chi connectivity index (χ1v) is 17.2. The van der Waals surface area contributed by atoms with E-state index in [0.717, 1.165) is 18.4 Å². The number of nitrogens with zero attached hydrogens (tertiary/aromatic N) is 3. The van der Waals surface area contributed by atoms with Crippen LogP contribution in [0.25, 0.3) is 0 Å². The minimum absolute atomic E-state index is 0.0786. The van der Waals surface area contributed by atoms with Gasteiger partial charge in [-0.3, -0.25) is 9.59 Å². The summed E-state index contributed by atoms with van der Waals surface area (Å²) >= 11 is 6.03. The zero-order chi connectivity index (χ0) is 32.7. The fraction of sp³-hybridized carbons (Fsp3) is 0.469. The van der Waals surface area contributed by atoms with Crippen molar-refractivity contribution in [1.29, 1.82) is 0 Å². The summed E-state index contributed by atoms with van der Waals surface area (Å²) in [6.07, 6.45) is -0.0806. The van der Waals surface area contributed by atoms with Crippen LogP contribution in [0.5, 0.6) is 6.01 Å². The van der Waals surface area contributed by atoms with E-state index in [9.17, 15) is 31.2 Å². The van der Waals surface area contributed by atoms with Gasteiger partial charge in [0.1, 0.15) is 11.6 Å². The molecule has 9 nitrogen and oxygen atoms in total. The van der Waals surface area contributed by atoms with Crippen molar-refractivity contribution >= 4 is 39.0 Å². The van der Waals surface area contributed by atoms with Crippen molar-refractivity contribution in [3.8, 4) is 6.01 Å². The van der Waals surface area contributed by atoms with Gasteiger partial charge in [0.15, 0.2) is 28.0 Å². The topological polar surface area (TPSA) is 128 Å². The monoisotopic (exact) mass is 676 g/mol. The number of aromatic nitrogens is 3. The molecule has 0 atom stereocenters. The number of anilines is 1. The summed E-state index contributed by atoms with van der Waals surface area (Å²) in [7, 11) is -3.40. The van der Waals surface area contributed by atoms with E-state index >= 15 is 0 Å². The summed E-state index contributed by atoms with van der Waals surface area (Å²) in [6.45, 7) is -1.56. The highest BCUT2D eigenvalue weighted by Crippen LogP contribution is 2.51. The van der Waals surface area contributed by atoms with Gasteiger partial charge in [0.05, 0.1) is 10.8 Å². The van der Waals surface area contributed by atoms with Gasteiger partial charge < -0.3 is 10.1 Å². The lowest BCUT2D eigenvalue weighted by Crippen LogP contribution is -2.27. The molecule has 3 fully saturated rings. The van der Waals surface area contributed by atoms with E-state index in [2.05, 4.69) is 20.3 Å². The van der Waals surface area contributed by atoms with Crippen LogP contribution < -0.4 is 10.1 Å². The third-order valence-corrected chi connectivity index (χ3v) is 11.2. The molecule has 6 rings (SSSR count). The molecule has 244 valence electrons. The van der Waals surface area contributed by atoms with Gasteiger partial charge >= 0.3 is 12.2 Å². The maximum atomic E-state index is 12.9. The second-order valence-corrected chi connectivity index (χ2v) is 15.2. The molecule has 0 radical (unpaired) electrons. The standard InChI is InChI=1S/C32H32ClF3N4O5S/c33-23-7-5-22(6-8-23)31(15-16-31)40-28-37-27(38-29(39-28)45-19-32(34,35)36)17-20-1-3-21(4-2-20)25(41)11-12-30(13-14-30)26(42)18-46(43,44)24-9-10-24/h1-8,24H,9-19H2,(H,37,38,39,40). The average molecular weight is 677 g/mol. The first-order chi connectivity index (χ1) is 21.7. The maximum Gasteiger partial charge on any atom is 0.422 e.